The Hall–Kier alpha value is -7.00. The summed E-state index contributed by atoms with van der Waals surface area (Å²) in [5, 5.41) is 21.0. The van der Waals surface area contributed by atoms with Crippen LogP contribution >= 0.6 is 0 Å². The second kappa shape index (κ2) is 19.8. The van der Waals surface area contributed by atoms with E-state index in [2.05, 4.69) is 224 Å². The van der Waals surface area contributed by atoms with E-state index in [0.717, 1.165) is 86.9 Å². The molecule has 416 valence electrons. The van der Waals surface area contributed by atoms with Gasteiger partial charge in [-0.2, -0.15) is 0 Å². The number of nitrogens with one attached hydrogen (secondary N) is 2. The van der Waals surface area contributed by atoms with Crippen molar-refractivity contribution >= 4 is 17.1 Å². The molecule has 3 fully saturated rings. The minimum absolute atomic E-state index is 0.00269. The molecule has 2 bridgehead atoms. The second-order valence-corrected chi connectivity index (χ2v) is 26.4. The van der Waals surface area contributed by atoms with Crippen molar-refractivity contribution in [3.8, 4) is 0 Å². The van der Waals surface area contributed by atoms with Crippen LogP contribution in [0.1, 0.15) is 108 Å². The van der Waals surface area contributed by atoms with Gasteiger partial charge in [0.1, 0.15) is 29.5 Å². The zero-order chi connectivity index (χ0) is 54.8. The Morgan fingerprint density at radius 2 is 1.65 bits per heavy atom. The zero-order valence-electron chi connectivity index (χ0n) is 47.8. The molecule has 3 N–H and O–H groups in total. The third kappa shape index (κ3) is 7.96. The van der Waals surface area contributed by atoms with Crippen molar-refractivity contribution < 1.29 is 9.84 Å². The van der Waals surface area contributed by atoms with Crippen LogP contribution in [0.25, 0.3) is 5.57 Å². The fourth-order valence-corrected chi connectivity index (χ4v) is 18.0. The molecular formula is C74H78N6O2. The van der Waals surface area contributed by atoms with E-state index in [9.17, 15) is 5.11 Å². The summed E-state index contributed by atoms with van der Waals surface area (Å²) in [5.74, 6) is 4.64. The number of aliphatic hydroxyl groups excluding tert-OH is 1. The third-order valence-electron chi connectivity index (χ3n) is 21.9. The highest BCUT2D eigenvalue weighted by Gasteiger charge is 2.62. The van der Waals surface area contributed by atoms with Gasteiger partial charge in [0.2, 0.25) is 0 Å². The fraction of sp³-hybridized carbons (Fsp3) is 0.405. The molecule has 0 spiro atoms. The van der Waals surface area contributed by atoms with E-state index < -0.39 is 11.8 Å². The lowest BCUT2D eigenvalue weighted by Gasteiger charge is -2.52. The molecule has 1 aromatic carbocycles. The van der Waals surface area contributed by atoms with Crippen LogP contribution in [0.4, 0.5) is 5.69 Å². The van der Waals surface area contributed by atoms with Crippen LogP contribution in [0.3, 0.4) is 0 Å². The first-order valence-corrected chi connectivity index (χ1v) is 31.3. The van der Waals surface area contributed by atoms with Gasteiger partial charge in [-0.05, 0) is 148 Å². The number of ether oxygens (including phenoxy) is 1. The molecule has 4 aliphatic heterocycles. The number of nitrogens with zero attached hydrogens (tertiary/aromatic N) is 4. The lowest BCUT2D eigenvalue weighted by atomic mass is 9.56. The van der Waals surface area contributed by atoms with Crippen LogP contribution in [0.5, 0.6) is 0 Å². The molecule has 82 heavy (non-hydrogen) atoms. The molecule has 0 amide bonds. The number of hydrogen-bond donors (Lipinski definition) is 3. The van der Waals surface area contributed by atoms with Crippen molar-refractivity contribution in [3.05, 3.63) is 245 Å². The van der Waals surface area contributed by atoms with Crippen LogP contribution in [-0.4, -0.2) is 57.3 Å². The topological polar surface area (TPSA) is 85.2 Å². The number of fused-ring (bicyclic) bond motifs is 9. The fourth-order valence-electron chi connectivity index (χ4n) is 18.0. The van der Waals surface area contributed by atoms with Crippen molar-refractivity contribution in [3.63, 3.8) is 0 Å². The molecule has 5 heterocycles. The number of likely N-dealkylation sites (tertiary alicyclic amines) is 1. The van der Waals surface area contributed by atoms with E-state index in [0.29, 0.717) is 35.6 Å². The number of benzene rings is 1. The third-order valence-corrected chi connectivity index (χ3v) is 21.9. The van der Waals surface area contributed by atoms with Crippen LogP contribution in [0.2, 0.25) is 0 Å². The van der Waals surface area contributed by atoms with Crippen LogP contribution in [0.15, 0.2) is 233 Å². The largest absolute Gasteiger partial charge is 0.493 e. The van der Waals surface area contributed by atoms with Crippen LogP contribution in [0, 0.1) is 52.8 Å². The average molecular weight is 1080 g/mol. The minimum Gasteiger partial charge on any atom is -0.493 e. The Kier molecular flexibility index (Phi) is 12.3. The molecular weight excluding hydrogens is 1000 g/mol. The number of para-hydroxylation sites is 1. The van der Waals surface area contributed by atoms with E-state index in [1.807, 2.05) is 6.08 Å². The predicted octanol–water partition coefficient (Wildman–Crippen LogP) is 14.1. The maximum atomic E-state index is 12.7. The molecule has 10 aliphatic carbocycles. The molecule has 2 aromatic rings. The first-order chi connectivity index (χ1) is 40.2. The van der Waals surface area contributed by atoms with E-state index in [1.165, 1.54) is 50.7 Å². The number of allylic oxidation sites excluding steroid dienone is 19. The quantitative estimate of drug-likeness (QED) is 0.227. The van der Waals surface area contributed by atoms with Crippen molar-refractivity contribution in [1.29, 1.82) is 0 Å². The van der Waals surface area contributed by atoms with Gasteiger partial charge in [0.05, 0.1) is 29.9 Å². The van der Waals surface area contributed by atoms with Gasteiger partial charge in [0, 0.05) is 75.7 Å². The van der Waals surface area contributed by atoms with Gasteiger partial charge >= 0.3 is 0 Å². The van der Waals surface area contributed by atoms with Gasteiger partial charge in [-0.1, -0.05) is 164 Å². The molecule has 1 aromatic heterocycles. The predicted molar refractivity (Wildman–Crippen MR) is 330 cm³/mol. The van der Waals surface area contributed by atoms with Crippen molar-refractivity contribution in [2.24, 2.45) is 57.8 Å². The van der Waals surface area contributed by atoms with E-state index in [1.54, 1.807) is 0 Å². The Balaban J connectivity index is 0.822. The maximum absolute atomic E-state index is 12.7. The molecule has 17 atom stereocenters. The minimum atomic E-state index is -0.815. The van der Waals surface area contributed by atoms with E-state index in [-0.39, 0.29) is 53.4 Å². The number of hydrogen-bond acceptors (Lipinski definition) is 8. The number of anilines is 1. The first kappa shape index (κ1) is 50.7. The normalized spacial score (nSPS) is 39.6. The van der Waals surface area contributed by atoms with E-state index >= 15 is 0 Å². The summed E-state index contributed by atoms with van der Waals surface area (Å²) < 4.78 is 7.65. The lowest BCUT2D eigenvalue weighted by Crippen LogP contribution is -2.62. The number of pyridine rings is 1. The molecule has 16 rings (SSSR count). The molecule has 0 radical (unpaired) electrons. The van der Waals surface area contributed by atoms with Crippen LogP contribution in [-0.2, 0) is 10.4 Å². The molecule has 14 aliphatic rings. The summed E-state index contributed by atoms with van der Waals surface area (Å²) in [6, 6.07) is 14.3. The number of rotatable bonds is 8. The molecule has 2 saturated heterocycles. The Morgan fingerprint density at radius 1 is 0.793 bits per heavy atom. The maximum Gasteiger partial charge on any atom is 0.129 e. The second-order valence-electron chi connectivity index (χ2n) is 26.4. The Bertz CT molecular complexity index is 3550. The average Bonchev–Trinajstić information content (AvgIpc) is 1.96. The highest BCUT2D eigenvalue weighted by molar-refractivity contribution is 5.89. The molecule has 8 heteroatoms. The van der Waals surface area contributed by atoms with Gasteiger partial charge in [-0.15, -0.1) is 0 Å². The molecule has 1 saturated carbocycles. The summed E-state index contributed by atoms with van der Waals surface area (Å²) in [7, 11) is 0. The van der Waals surface area contributed by atoms with Gasteiger partial charge in [-0.25, -0.2) is 4.99 Å². The number of aromatic nitrogens is 1. The summed E-state index contributed by atoms with van der Waals surface area (Å²) >= 11 is 0. The SMILES string of the molecule is C[C@H]1CCC(c2cnc(C3=CC=CC(O)C3C3=C4C[C@H]5C6CC=CC=C(C6)N(C6C=CC=CC6)C(C=C3)C45)c(C3(C)NC(C4C=CC=CC4)=NC(C4=CCCC=C4)N3)c2)C2=C1OC1C3C4CC=CC=C4N(c4ccccc4)C3C=CC21C. The summed E-state index contributed by atoms with van der Waals surface area (Å²) in [6.07, 6.45) is 67.2. The van der Waals surface area contributed by atoms with Crippen molar-refractivity contribution in [1.82, 2.24) is 20.5 Å². The highest BCUT2D eigenvalue weighted by Crippen LogP contribution is 2.64. The summed E-state index contributed by atoms with van der Waals surface area (Å²) in [5.41, 5.74) is 12.8. The van der Waals surface area contributed by atoms with Gasteiger partial charge in [-0.3, -0.25) is 10.3 Å². The summed E-state index contributed by atoms with van der Waals surface area (Å²) in [6.45, 7) is 7.23. The zero-order valence-corrected chi connectivity index (χ0v) is 47.8. The smallest absolute Gasteiger partial charge is 0.129 e. The lowest BCUT2D eigenvalue weighted by molar-refractivity contribution is 0.00822. The van der Waals surface area contributed by atoms with Gasteiger partial charge in [0.15, 0.2) is 0 Å². The van der Waals surface area contributed by atoms with Crippen molar-refractivity contribution in [2.45, 2.75) is 133 Å². The van der Waals surface area contributed by atoms with Crippen LogP contribution < -0.4 is 15.5 Å². The standard InChI is InChI=1S/C74H78N6O2/c1-45-35-36-53(67-69(45)82-70-66-55-31-18-19-33-60(55)80(51-28-14-7-15-29-51)62(66)39-40-73(67,70)2)49-42-59(74(3)77-71(46-21-8-4-9-22-46)76-72(78-74)47-23-10-5-11-24-47)68(75-44-49)56-32-20-34-63(81)65(56)54-37-38-61-64-57(43-58(54)64)48-25-16-17-30-52(41-48)79(61)50-26-12-6-13-27-50/h4,6-10,12-21,23-24,26,28-30,32-34,37-40,42,44-46,48,50,53,55,57,61-66,70,72,78,81H,5,11,22,25,27,31,35-36,41,43H2,1-3H3,(H,76,77)/t45-,46?,48?,50?,53?,55?,57-,61?,62?,63?,64?,65?,66?,70?,72?,73?,74?/m0/s1. The number of aliphatic imine (C=N–C) groups is 1. The Morgan fingerprint density at radius 3 is 2.49 bits per heavy atom. The number of amidine groups is 1. The number of aliphatic hydroxyl groups is 1. The molecule has 8 nitrogen and oxygen atoms in total. The monoisotopic (exact) mass is 1080 g/mol. The summed E-state index contributed by atoms with van der Waals surface area (Å²) in [4.78, 5) is 16.8. The Labute approximate surface area is 485 Å². The molecule has 15 unspecified atom stereocenters. The van der Waals surface area contributed by atoms with Gasteiger partial charge < -0.3 is 25.0 Å². The van der Waals surface area contributed by atoms with Gasteiger partial charge in [0.25, 0.3) is 0 Å². The first-order valence-electron chi connectivity index (χ1n) is 31.3. The van der Waals surface area contributed by atoms with Crippen molar-refractivity contribution in [2.75, 3.05) is 4.90 Å². The highest BCUT2D eigenvalue weighted by atomic mass is 16.5. The van der Waals surface area contributed by atoms with E-state index in [4.69, 9.17) is 14.7 Å².